The van der Waals surface area contributed by atoms with E-state index in [1.54, 1.807) is 14.1 Å². The molecule has 0 fully saturated rings. The van der Waals surface area contributed by atoms with Crippen LogP contribution in [0.5, 0.6) is 0 Å². The third-order valence-corrected chi connectivity index (χ3v) is 2.06. The molecule has 0 radical (unpaired) electrons. The van der Waals surface area contributed by atoms with Crippen LogP contribution in [0.3, 0.4) is 0 Å². The molecule has 0 aliphatic rings. The van der Waals surface area contributed by atoms with Crippen LogP contribution in [-0.2, 0) is 14.6 Å². The maximum atomic E-state index is 10.8. The molecule has 0 aliphatic heterocycles. The minimum Gasteiger partial charge on any atom is -0.477 e. The number of carboxylic acids is 1. The Hall–Kier alpha value is -1.04. The summed E-state index contributed by atoms with van der Waals surface area (Å²) >= 11 is 0. The second-order valence-corrected chi connectivity index (χ2v) is 4.52. The first kappa shape index (κ1) is 11.0. The second kappa shape index (κ2) is 3.57. The van der Waals surface area contributed by atoms with Crippen LogP contribution < -0.4 is 0 Å². The first-order valence-corrected chi connectivity index (χ1v) is 4.96. The minimum atomic E-state index is -3.64. The fourth-order valence-electron chi connectivity index (χ4n) is 0.544. The van der Waals surface area contributed by atoms with E-state index in [2.05, 4.69) is 0 Å². The lowest BCUT2D eigenvalue weighted by molar-refractivity contribution is -0.131. The molecular formula is C6H11NO4S. The molecule has 0 heterocycles. The zero-order valence-corrected chi connectivity index (χ0v) is 7.92. The molecule has 0 saturated heterocycles. The van der Waals surface area contributed by atoms with Crippen molar-refractivity contribution in [2.75, 3.05) is 20.4 Å². The number of carboxylic acid groups (broad SMARTS) is 1. The van der Waals surface area contributed by atoms with E-state index in [0.29, 0.717) is 0 Å². The summed E-state index contributed by atoms with van der Waals surface area (Å²) in [6, 6.07) is 0. The summed E-state index contributed by atoms with van der Waals surface area (Å²) in [5, 5.41) is 8.48. The summed E-state index contributed by atoms with van der Waals surface area (Å²) in [7, 11) is -0.540. The van der Waals surface area contributed by atoms with E-state index in [1.165, 1.54) is 4.90 Å². The maximum Gasteiger partial charge on any atom is 0.348 e. The molecule has 0 atom stereocenters. The predicted octanol–water partition coefficient (Wildman–Crippen LogP) is -0.481. The van der Waals surface area contributed by atoms with Crippen molar-refractivity contribution in [2.24, 2.45) is 0 Å². The topological polar surface area (TPSA) is 74.7 Å². The minimum absolute atomic E-state index is 0.604. The normalized spacial score (nSPS) is 12.8. The fraction of sp³-hybridized carbons (Fsp3) is 0.500. The third kappa shape index (κ3) is 3.38. The molecule has 0 aromatic heterocycles. The van der Waals surface area contributed by atoms with Crippen molar-refractivity contribution in [3.05, 3.63) is 11.1 Å². The Morgan fingerprint density at radius 3 is 1.92 bits per heavy atom. The molecule has 5 nitrogen and oxygen atoms in total. The van der Waals surface area contributed by atoms with Gasteiger partial charge >= 0.3 is 5.97 Å². The quantitative estimate of drug-likeness (QED) is 0.613. The Morgan fingerprint density at radius 2 is 1.83 bits per heavy atom. The number of sulfone groups is 1. The van der Waals surface area contributed by atoms with Gasteiger partial charge in [0.1, 0.15) is 0 Å². The monoisotopic (exact) mass is 193 g/mol. The van der Waals surface area contributed by atoms with Gasteiger partial charge in [0, 0.05) is 26.6 Å². The lowest BCUT2D eigenvalue weighted by atomic mass is 10.6. The van der Waals surface area contributed by atoms with E-state index >= 15 is 0 Å². The van der Waals surface area contributed by atoms with Crippen LogP contribution in [0, 0.1) is 0 Å². The highest BCUT2D eigenvalue weighted by Crippen LogP contribution is 2.04. The fourth-order valence-corrected chi connectivity index (χ4v) is 1.26. The van der Waals surface area contributed by atoms with Crippen molar-refractivity contribution < 1.29 is 18.3 Å². The number of rotatable bonds is 3. The Kier molecular flexibility index (Phi) is 3.26. The lowest BCUT2D eigenvalue weighted by Gasteiger charge is -2.06. The van der Waals surface area contributed by atoms with Crippen LogP contribution >= 0.6 is 0 Å². The van der Waals surface area contributed by atoms with Crippen LogP contribution in [0.2, 0.25) is 0 Å². The van der Waals surface area contributed by atoms with Gasteiger partial charge in [-0.3, -0.25) is 0 Å². The molecule has 0 unspecified atom stereocenters. The van der Waals surface area contributed by atoms with Crippen LogP contribution in [0.1, 0.15) is 0 Å². The average molecular weight is 193 g/mol. The van der Waals surface area contributed by atoms with Crippen molar-refractivity contribution in [1.29, 1.82) is 0 Å². The average Bonchev–Trinajstić information content (AvgIpc) is 1.79. The molecule has 0 aromatic carbocycles. The van der Waals surface area contributed by atoms with Crippen LogP contribution in [0.4, 0.5) is 0 Å². The zero-order chi connectivity index (χ0) is 9.94. The Bertz CT molecular complexity index is 302. The molecule has 0 amide bonds. The molecule has 0 aromatic rings. The molecule has 0 bridgehead atoms. The molecule has 0 saturated carbocycles. The largest absolute Gasteiger partial charge is 0.477 e. The van der Waals surface area contributed by atoms with Gasteiger partial charge < -0.3 is 10.0 Å². The summed E-state index contributed by atoms with van der Waals surface area (Å²) < 4.78 is 21.7. The highest BCUT2D eigenvalue weighted by Gasteiger charge is 2.19. The van der Waals surface area contributed by atoms with Crippen LogP contribution in [0.15, 0.2) is 11.1 Å². The van der Waals surface area contributed by atoms with E-state index in [0.717, 1.165) is 12.5 Å². The lowest BCUT2D eigenvalue weighted by Crippen LogP contribution is -2.15. The Balaban J connectivity index is 5.09. The smallest absolute Gasteiger partial charge is 0.348 e. The molecule has 0 aliphatic carbocycles. The predicted molar refractivity (Wildman–Crippen MR) is 44.2 cm³/mol. The molecule has 6 heteroatoms. The van der Waals surface area contributed by atoms with Gasteiger partial charge in [-0.1, -0.05) is 0 Å². The van der Waals surface area contributed by atoms with E-state index in [9.17, 15) is 13.2 Å². The van der Waals surface area contributed by atoms with Gasteiger partial charge in [-0.25, -0.2) is 13.2 Å². The second-order valence-electron chi connectivity index (χ2n) is 2.53. The van der Waals surface area contributed by atoms with Gasteiger partial charge in [-0.05, 0) is 0 Å². The number of aliphatic carboxylic acids is 1. The highest BCUT2D eigenvalue weighted by molar-refractivity contribution is 7.95. The van der Waals surface area contributed by atoms with Crippen LogP contribution in [-0.4, -0.2) is 44.7 Å². The van der Waals surface area contributed by atoms with Crippen LogP contribution in [0.25, 0.3) is 0 Å². The van der Waals surface area contributed by atoms with E-state index < -0.39 is 20.7 Å². The van der Waals surface area contributed by atoms with Gasteiger partial charge in [0.25, 0.3) is 0 Å². The Morgan fingerprint density at radius 1 is 1.42 bits per heavy atom. The Labute approximate surface area is 71.2 Å². The summed E-state index contributed by atoms with van der Waals surface area (Å²) in [6.07, 6.45) is 1.91. The summed E-state index contributed by atoms with van der Waals surface area (Å²) in [4.78, 5) is 11.2. The summed E-state index contributed by atoms with van der Waals surface area (Å²) in [5.74, 6) is -1.44. The summed E-state index contributed by atoms with van der Waals surface area (Å²) in [6.45, 7) is 0. The first-order valence-electron chi connectivity index (χ1n) is 3.06. The molecule has 70 valence electrons. The van der Waals surface area contributed by atoms with Crippen molar-refractivity contribution in [3.8, 4) is 0 Å². The van der Waals surface area contributed by atoms with Crippen molar-refractivity contribution in [3.63, 3.8) is 0 Å². The molecule has 0 spiro atoms. The molecule has 0 rings (SSSR count). The van der Waals surface area contributed by atoms with Gasteiger partial charge in [0.2, 0.25) is 0 Å². The summed E-state index contributed by atoms with van der Waals surface area (Å²) in [5.41, 5.74) is 0. The van der Waals surface area contributed by atoms with Gasteiger partial charge in [0.05, 0.1) is 0 Å². The van der Waals surface area contributed by atoms with E-state index in [1.807, 2.05) is 0 Å². The van der Waals surface area contributed by atoms with Crippen molar-refractivity contribution in [1.82, 2.24) is 4.90 Å². The van der Waals surface area contributed by atoms with Gasteiger partial charge in [0.15, 0.2) is 14.7 Å². The highest BCUT2D eigenvalue weighted by atomic mass is 32.2. The van der Waals surface area contributed by atoms with Gasteiger partial charge in [-0.15, -0.1) is 0 Å². The van der Waals surface area contributed by atoms with E-state index in [4.69, 9.17) is 5.11 Å². The maximum absolute atomic E-state index is 10.8. The third-order valence-electron chi connectivity index (χ3n) is 0.986. The first-order chi connectivity index (χ1) is 5.25. The number of hydrogen-bond acceptors (Lipinski definition) is 4. The molecular weight excluding hydrogens is 182 g/mol. The van der Waals surface area contributed by atoms with Gasteiger partial charge in [-0.2, -0.15) is 0 Å². The number of hydrogen-bond donors (Lipinski definition) is 1. The molecule has 1 N–H and O–H groups in total. The van der Waals surface area contributed by atoms with Crippen molar-refractivity contribution >= 4 is 15.8 Å². The standard InChI is InChI=1S/C6H11NO4S/c1-7(2)4-5(6(8)9)12(3,10)11/h4H,1-3H3,(H,8,9). The SMILES string of the molecule is CN(C)C=C(C(=O)O)S(C)(=O)=O. The van der Waals surface area contributed by atoms with Crippen molar-refractivity contribution in [2.45, 2.75) is 0 Å². The zero-order valence-electron chi connectivity index (χ0n) is 7.10. The number of carbonyl (C=O) groups is 1. The molecule has 12 heavy (non-hydrogen) atoms. The van der Waals surface area contributed by atoms with E-state index in [-0.39, 0.29) is 0 Å². The number of nitrogens with zero attached hydrogens (tertiary/aromatic N) is 1.